The fourth-order valence-corrected chi connectivity index (χ4v) is 9.87. The van der Waals surface area contributed by atoms with Crippen molar-refractivity contribution in [2.24, 2.45) is 0 Å². The molecule has 0 N–H and O–H groups in total. The van der Waals surface area contributed by atoms with E-state index >= 15 is 0 Å². The molecule has 0 atom stereocenters. The summed E-state index contributed by atoms with van der Waals surface area (Å²) in [7, 11) is -10.6. The van der Waals surface area contributed by atoms with Crippen molar-refractivity contribution in [3.05, 3.63) is 106 Å². The number of aromatic nitrogens is 1. The van der Waals surface area contributed by atoms with Gasteiger partial charge in [-0.3, -0.25) is 10.1 Å². The molecule has 0 bridgehead atoms. The minimum atomic E-state index is -4.58. The van der Waals surface area contributed by atoms with Crippen molar-refractivity contribution >= 4 is 57.1 Å². The molecule has 0 aliphatic heterocycles. The standard InChI is InChI=1S/C36H45N3O9S2Si/c1-26-13-17-30(18-14-26)50(45,46)38-25-28(33-27(11-10-12-32(33)38)21-23-36(5,6)48-51(7,8)9)22-24-37(34(40)47-35(2,3)4)49(43,44)31-19-15-29(16-20-31)39(41)42/h10-21,23,25H,22,24H2,1-9H3/b23-21+. The molecule has 1 aromatic heterocycles. The van der Waals surface area contributed by atoms with Crippen molar-refractivity contribution < 1.29 is 35.7 Å². The van der Waals surface area contributed by atoms with E-state index in [1.807, 2.05) is 39.0 Å². The van der Waals surface area contributed by atoms with E-state index < -0.39 is 57.1 Å². The van der Waals surface area contributed by atoms with Crippen LogP contribution in [0.15, 0.2) is 88.8 Å². The van der Waals surface area contributed by atoms with E-state index in [1.54, 1.807) is 45.0 Å². The molecule has 0 saturated heterocycles. The number of nitrogens with zero attached hydrogens (tertiary/aromatic N) is 3. The van der Waals surface area contributed by atoms with E-state index in [-0.39, 0.29) is 21.9 Å². The first kappa shape index (κ1) is 39.5. The van der Waals surface area contributed by atoms with Crippen molar-refractivity contribution in [1.82, 2.24) is 8.28 Å². The Kier molecular flexibility index (Phi) is 11.1. The summed E-state index contributed by atoms with van der Waals surface area (Å²) in [5, 5.41) is 11.8. The maximum Gasteiger partial charge on any atom is 0.424 e. The van der Waals surface area contributed by atoms with Crippen molar-refractivity contribution in [3.8, 4) is 0 Å². The van der Waals surface area contributed by atoms with Crippen LogP contribution in [-0.4, -0.2) is 62.2 Å². The van der Waals surface area contributed by atoms with Crippen LogP contribution in [0.25, 0.3) is 17.0 Å². The Morgan fingerprint density at radius 2 is 1.51 bits per heavy atom. The van der Waals surface area contributed by atoms with Gasteiger partial charge < -0.3 is 9.16 Å². The second-order valence-corrected chi connectivity index (χ2v) is 22.8. The highest BCUT2D eigenvalue weighted by molar-refractivity contribution is 7.90. The summed E-state index contributed by atoms with van der Waals surface area (Å²) in [5.74, 6) is 0. The van der Waals surface area contributed by atoms with Crippen LogP contribution in [-0.2, 0) is 35.6 Å². The molecule has 0 saturated carbocycles. The molecular weight excluding hydrogens is 711 g/mol. The lowest BCUT2D eigenvalue weighted by atomic mass is 10.0. The predicted octanol–water partition coefficient (Wildman–Crippen LogP) is 7.91. The third-order valence-electron chi connectivity index (χ3n) is 7.53. The molecule has 0 spiro atoms. The fourth-order valence-electron chi connectivity index (χ4n) is 5.54. The van der Waals surface area contributed by atoms with Crippen LogP contribution in [0.5, 0.6) is 0 Å². The van der Waals surface area contributed by atoms with Crippen LogP contribution in [0.4, 0.5) is 10.5 Å². The summed E-state index contributed by atoms with van der Waals surface area (Å²) in [6.45, 7) is 16.3. The average molecular weight is 756 g/mol. The molecule has 274 valence electrons. The number of non-ortho nitro benzene ring substituents is 1. The molecule has 0 fully saturated rings. The first-order valence-electron chi connectivity index (χ1n) is 16.3. The summed E-state index contributed by atoms with van der Waals surface area (Å²) < 4.78 is 69.6. The Bertz CT molecular complexity index is 2180. The van der Waals surface area contributed by atoms with Crippen molar-refractivity contribution in [2.45, 2.75) is 88.6 Å². The SMILES string of the molecule is Cc1ccc(S(=O)(=O)n2cc(CCN(C(=O)OC(C)(C)C)S(=O)(=O)c3ccc([N+](=O)[O-])cc3)c3c(/C=C/C(C)(C)O[Si](C)(C)C)cccc32)cc1. The highest BCUT2D eigenvalue weighted by atomic mass is 32.2. The van der Waals surface area contributed by atoms with Crippen molar-refractivity contribution in [1.29, 1.82) is 0 Å². The number of nitro groups is 1. The number of ether oxygens (including phenoxy) is 1. The van der Waals surface area contributed by atoms with Crippen LogP contribution in [0, 0.1) is 17.0 Å². The lowest BCUT2D eigenvalue weighted by molar-refractivity contribution is -0.384. The smallest absolute Gasteiger partial charge is 0.424 e. The third kappa shape index (κ3) is 9.52. The van der Waals surface area contributed by atoms with Crippen LogP contribution in [0.3, 0.4) is 0 Å². The van der Waals surface area contributed by atoms with Gasteiger partial charge in [-0.15, -0.1) is 0 Å². The van der Waals surface area contributed by atoms with Crippen LogP contribution in [0.2, 0.25) is 19.6 Å². The molecular formula is C36H45N3O9S2Si. The number of hydrogen-bond donors (Lipinski definition) is 0. The van der Waals surface area contributed by atoms with Gasteiger partial charge in [0.15, 0.2) is 8.32 Å². The van der Waals surface area contributed by atoms with Crippen LogP contribution in [0.1, 0.15) is 51.3 Å². The number of amides is 1. The van der Waals surface area contributed by atoms with Gasteiger partial charge in [-0.1, -0.05) is 42.0 Å². The maximum atomic E-state index is 14.1. The Morgan fingerprint density at radius 1 is 0.922 bits per heavy atom. The monoisotopic (exact) mass is 755 g/mol. The molecule has 1 heterocycles. The van der Waals surface area contributed by atoms with Gasteiger partial charge in [0, 0.05) is 30.3 Å². The number of aryl methyl sites for hydroxylation is 1. The minimum Gasteiger partial charge on any atom is -0.443 e. The minimum absolute atomic E-state index is 0.0679. The van der Waals surface area contributed by atoms with E-state index in [1.165, 1.54) is 22.3 Å². The fraction of sp³-hybridized carbons (Fsp3) is 0.361. The van der Waals surface area contributed by atoms with Gasteiger partial charge in [0.2, 0.25) is 0 Å². The van der Waals surface area contributed by atoms with Gasteiger partial charge in [0.25, 0.3) is 25.7 Å². The second kappa shape index (κ2) is 14.4. The molecule has 51 heavy (non-hydrogen) atoms. The maximum absolute atomic E-state index is 14.1. The molecule has 15 heteroatoms. The zero-order valence-corrected chi connectivity index (χ0v) is 33.0. The number of benzene rings is 3. The normalized spacial score (nSPS) is 13.1. The molecule has 3 aromatic carbocycles. The first-order chi connectivity index (χ1) is 23.4. The van der Waals surface area contributed by atoms with Gasteiger partial charge >= 0.3 is 6.09 Å². The zero-order valence-electron chi connectivity index (χ0n) is 30.3. The quantitative estimate of drug-likeness (QED) is 0.0797. The van der Waals surface area contributed by atoms with E-state index in [2.05, 4.69) is 19.6 Å². The highest BCUT2D eigenvalue weighted by Crippen LogP contribution is 2.32. The van der Waals surface area contributed by atoms with Crippen LogP contribution < -0.4 is 0 Å². The van der Waals surface area contributed by atoms with Gasteiger partial charge in [0.05, 0.1) is 25.8 Å². The van der Waals surface area contributed by atoms with Gasteiger partial charge in [-0.25, -0.2) is 29.9 Å². The number of carbonyl (C=O) groups excluding carboxylic acids is 1. The summed E-state index contributed by atoms with van der Waals surface area (Å²) >= 11 is 0. The summed E-state index contributed by atoms with van der Waals surface area (Å²) in [6, 6.07) is 15.9. The van der Waals surface area contributed by atoms with E-state index in [0.717, 1.165) is 29.8 Å². The number of rotatable bonds is 12. The Labute approximate surface area is 301 Å². The molecule has 12 nitrogen and oxygen atoms in total. The zero-order chi connectivity index (χ0) is 38.2. The average Bonchev–Trinajstić information content (AvgIpc) is 3.38. The summed E-state index contributed by atoms with van der Waals surface area (Å²) in [4.78, 5) is 23.8. The van der Waals surface area contributed by atoms with Crippen molar-refractivity contribution in [3.63, 3.8) is 0 Å². The predicted molar refractivity (Wildman–Crippen MR) is 200 cm³/mol. The number of fused-ring (bicyclic) bond motifs is 1. The molecule has 0 aliphatic carbocycles. The van der Waals surface area contributed by atoms with Gasteiger partial charge in [0.1, 0.15) is 5.60 Å². The van der Waals surface area contributed by atoms with E-state index in [4.69, 9.17) is 9.16 Å². The summed E-state index contributed by atoms with van der Waals surface area (Å²) in [6.07, 6.45) is 3.96. The first-order valence-corrected chi connectivity index (χ1v) is 22.5. The Morgan fingerprint density at radius 3 is 2.06 bits per heavy atom. The number of hydrogen-bond acceptors (Lipinski definition) is 9. The molecule has 1 amide bonds. The molecule has 0 radical (unpaired) electrons. The topological polar surface area (TPSA) is 155 Å². The number of nitro benzene ring substituents is 1. The number of carbonyl (C=O) groups is 1. The van der Waals surface area contributed by atoms with Crippen molar-refractivity contribution in [2.75, 3.05) is 6.54 Å². The Hall–Kier alpha value is -4.31. The molecule has 0 unspecified atom stereocenters. The third-order valence-corrected chi connectivity index (χ3v) is 12.1. The van der Waals surface area contributed by atoms with E-state index in [0.29, 0.717) is 26.3 Å². The molecule has 4 aromatic rings. The Balaban J connectivity index is 1.88. The summed E-state index contributed by atoms with van der Waals surface area (Å²) in [5.41, 5.74) is 0.348. The number of sulfonamides is 1. The lowest BCUT2D eigenvalue weighted by Gasteiger charge is -2.30. The lowest BCUT2D eigenvalue weighted by Crippen LogP contribution is -2.42. The molecule has 4 rings (SSSR count). The largest absolute Gasteiger partial charge is 0.443 e. The van der Waals surface area contributed by atoms with Gasteiger partial charge in [-0.2, -0.15) is 0 Å². The molecule has 0 aliphatic rings. The second-order valence-electron chi connectivity index (χ2n) is 14.7. The highest BCUT2D eigenvalue weighted by Gasteiger charge is 2.34. The van der Waals surface area contributed by atoms with Crippen LogP contribution >= 0.6 is 0 Å². The van der Waals surface area contributed by atoms with E-state index in [9.17, 15) is 31.7 Å². The van der Waals surface area contributed by atoms with Gasteiger partial charge in [-0.05, 0) is 109 Å².